The number of hydrogen-bond donors (Lipinski definition) is 2. The second-order valence-electron chi connectivity index (χ2n) is 5.79. The zero-order valence-corrected chi connectivity index (χ0v) is 13.2. The van der Waals surface area contributed by atoms with Crippen LogP contribution in [-0.4, -0.2) is 11.7 Å². The summed E-state index contributed by atoms with van der Waals surface area (Å²) < 4.78 is 0. The van der Waals surface area contributed by atoms with E-state index in [0.29, 0.717) is 11.8 Å². The maximum Gasteiger partial charge on any atom is 0.115 e. The lowest BCUT2D eigenvalue weighted by Crippen LogP contribution is -2.34. The summed E-state index contributed by atoms with van der Waals surface area (Å²) in [4.78, 5) is 1.41. The molecule has 0 saturated heterocycles. The third-order valence-corrected chi connectivity index (χ3v) is 4.92. The fourth-order valence-corrected chi connectivity index (χ4v) is 3.19. The smallest absolute Gasteiger partial charge is 0.115 e. The van der Waals surface area contributed by atoms with Crippen molar-refractivity contribution in [3.8, 4) is 5.75 Å². The Hall–Kier alpha value is -1.32. The lowest BCUT2D eigenvalue weighted by molar-refractivity contribution is 0.420. The van der Waals surface area contributed by atoms with E-state index in [2.05, 4.69) is 43.6 Å². The molecule has 2 rings (SSSR count). The van der Waals surface area contributed by atoms with E-state index in [4.69, 9.17) is 0 Å². The Morgan fingerprint density at radius 1 is 1.20 bits per heavy atom. The van der Waals surface area contributed by atoms with E-state index in [9.17, 15) is 5.11 Å². The molecular weight excluding hydrogens is 266 g/mol. The summed E-state index contributed by atoms with van der Waals surface area (Å²) in [6, 6.07) is 12.1. The Morgan fingerprint density at radius 3 is 2.45 bits per heavy atom. The number of benzene rings is 1. The fraction of sp³-hybridized carbons (Fsp3) is 0.412. The molecule has 20 heavy (non-hydrogen) atoms. The van der Waals surface area contributed by atoms with Gasteiger partial charge in [0.1, 0.15) is 5.75 Å². The second kappa shape index (κ2) is 6.42. The second-order valence-corrected chi connectivity index (χ2v) is 6.74. The molecule has 0 saturated carbocycles. The van der Waals surface area contributed by atoms with Crippen molar-refractivity contribution in [2.45, 2.75) is 38.6 Å². The molecule has 2 N–H and O–H groups in total. The monoisotopic (exact) mass is 289 g/mol. The van der Waals surface area contributed by atoms with E-state index < -0.39 is 0 Å². The van der Waals surface area contributed by atoms with Gasteiger partial charge in [0, 0.05) is 22.9 Å². The van der Waals surface area contributed by atoms with Crippen molar-refractivity contribution in [3.63, 3.8) is 0 Å². The first-order valence-electron chi connectivity index (χ1n) is 7.09. The van der Waals surface area contributed by atoms with Crippen molar-refractivity contribution < 1.29 is 5.11 Å². The van der Waals surface area contributed by atoms with E-state index >= 15 is 0 Å². The highest BCUT2D eigenvalue weighted by Crippen LogP contribution is 2.28. The Labute approximate surface area is 125 Å². The van der Waals surface area contributed by atoms with Gasteiger partial charge in [0.25, 0.3) is 0 Å². The highest BCUT2D eigenvalue weighted by atomic mass is 32.1. The van der Waals surface area contributed by atoms with E-state index in [1.54, 1.807) is 12.1 Å². The van der Waals surface area contributed by atoms with E-state index in [1.807, 2.05) is 23.5 Å². The molecule has 0 spiro atoms. The van der Waals surface area contributed by atoms with Gasteiger partial charge in [-0.25, -0.2) is 0 Å². The zero-order valence-electron chi connectivity index (χ0n) is 12.4. The minimum absolute atomic E-state index is 0.137. The summed E-state index contributed by atoms with van der Waals surface area (Å²) >= 11 is 1.81. The van der Waals surface area contributed by atoms with Crippen LogP contribution in [-0.2, 0) is 5.41 Å². The van der Waals surface area contributed by atoms with Crippen LogP contribution in [0, 0.1) is 0 Å². The van der Waals surface area contributed by atoms with Crippen LogP contribution in [0.1, 0.15) is 43.7 Å². The van der Waals surface area contributed by atoms with Gasteiger partial charge in [-0.3, -0.25) is 0 Å². The molecule has 1 unspecified atom stereocenters. The molecule has 0 aliphatic rings. The summed E-state index contributed by atoms with van der Waals surface area (Å²) in [6.45, 7) is 7.67. The minimum Gasteiger partial charge on any atom is -0.508 e. The van der Waals surface area contributed by atoms with Crippen LogP contribution >= 0.6 is 11.3 Å². The third-order valence-electron chi connectivity index (χ3n) is 3.68. The molecule has 3 heteroatoms. The summed E-state index contributed by atoms with van der Waals surface area (Å²) in [5, 5.41) is 15.2. The minimum atomic E-state index is 0.137. The predicted octanol–water partition coefficient (Wildman–Crippen LogP) is 4.47. The highest BCUT2D eigenvalue weighted by molar-refractivity contribution is 7.10. The van der Waals surface area contributed by atoms with Crippen molar-refractivity contribution in [1.82, 2.24) is 5.32 Å². The first kappa shape index (κ1) is 15.1. The average Bonchev–Trinajstić information content (AvgIpc) is 2.96. The summed E-state index contributed by atoms with van der Waals surface area (Å²) in [6.07, 6.45) is 1.03. The molecule has 2 nitrogen and oxygen atoms in total. The van der Waals surface area contributed by atoms with E-state index in [1.165, 1.54) is 10.4 Å². The standard InChI is InChI=1S/C17H23NOS/c1-4-15(13-7-9-14(19)10-8-13)18-12-17(2,3)16-6-5-11-20-16/h5-11,15,18-19H,4,12H2,1-3H3. The number of thiophene rings is 1. The fourth-order valence-electron chi connectivity index (χ4n) is 2.33. The van der Waals surface area contributed by atoms with Gasteiger partial charge in [0.05, 0.1) is 0 Å². The Bertz CT molecular complexity index is 516. The van der Waals surface area contributed by atoms with Crippen molar-refractivity contribution in [3.05, 3.63) is 52.2 Å². The number of phenols is 1. The molecule has 1 aromatic heterocycles. The van der Waals surface area contributed by atoms with Crippen LogP contribution in [0.2, 0.25) is 0 Å². The number of hydrogen-bond acceptors (Lipinski definition) is 3. The Morgan fingerprint density at radius 2 is 1.90 bits per heavy atom. The van der Waals surface area contributed by atoms with Gasteiger partial charge in [-0.1, -0.05) is 39.0 Å². The quantitative estimate of drug-likeness (QED) is 0.822. The zero-order chi connectivity index (χ0) is 14.6. The maximum absolute atomic E-state index is 9.38. The van der Waals surface area contributed by atoms with Crippen LogP contribution in [0.3, 0.4) is 0 Å². The van der Waals surface area contributed by atoms with E-state index in [0.717, 1.165) is 13.0 Å². The molecule has 0 aliphatic carbocycles. The summed E-state index contributed by atoms with van der Waals surface area (Å²) in [7, 11) is 0. The highest BCUT2D eigenvalue weighted by Gasteiger charge is 2.23. The maximum atomic E-state index is 9.38. The number of nitrogens with one attached hydrogen (secondary N) is 1. The molecule has 0 bridgehead atoms. The molecule has 1 aromatic carbocycles. The molecule has 0 amide bonds. The molecule has 0 fully saturated rings. The van der Waals surface area contributed by atoms with Gasteiger partial charge in [-0.2, -0.15) is 0 Å². The van der Waals surface area contributed by atoms with Gasteiger partial charge < -0.3 is 10.4 Å². The Balaban J connectivity index is 2.02. The van der Waals surface area contributed by atoms with Crippen LogP contribution in [0.5, 0.6) is 5.75 Å². The molecular formula is C17H23NOS. The molecule has 0 radical (unpaired) electrons. The van der Waals surface area contributed by atoms with Crippen LogP contribution in [0.4, 0.5) is 0 Å². The van der Waals surface area contributed by atoms with Gasteiger partial charge in [-0.05, 0) is 35.6 Å². The normalized spacial score (nSPS) is 13.3. The third kappa shape index (κ3) is 3.62. The average molecular weight is 289 g/mol. The van der Waals surface area contributed by atoms with Gasteiger partial charge in [0.2, 0.25) is 0 Å². The predicted molar refractivity (Wildman–Crippen MR) is 86.5 cm³/mol. The van der Waals surface area contributed by atoms with Crippen molar-refractivity contribution in [1.29, 1.82) is 0 Å². The number of rotatable bonds is 6. The molecule has 108 valence electrons. The SMILES string of the molecule is CCC(NCC(C)(C)c1cccs1)c1ccc(O)cc1. The van der Waals surface area contributed by atoms with Crippen LogP contribution < -0.4 is 5.32 Å². The van der Waals surface area contributed by atoms with Crippen LogP contribution in [0.25, 0.3) is 0 Å². The lowest BCUT2D eigenvalue weighted by Gasteiger charge is -2.27. The number of phenolic OH excluding ortho intramolecular Hbond substituents is 1. The molecule has 1 atom stereocenters. The first-order valence-corrected chi connectivity index (χ1v) is 7.97. The van der Waals surface area contributed by atoms with Gasteiger partial charge in [-0.15, -0.1) is 11.3 Å². The van der Waals surface area contributed by atoms with Crippen molar-refractivity contribution >= 4 is 11.3 Å². The number of aromatic hydroxyl groups is 1. The first-order chi connectivity index (χ1) is 9.53. The van der Waals surface area contributed by atoms with Gasteiger partial charge in [0.15, 0.2) is 0 Å². The van der Waals surface area contributed by atoms with E-state index in [-0.39, 0.29) is 5.41 Å². The van der Waals surface area contributed by atoms with Crippen molar-refractivity contribution in [2.75, 3.05) is 6.54 Å². The molecule has 0 aliphatic heterocycles. The summed E-state index contributed by atoms with van der Waals surface area (Å²) in [5.41, 5.74) is 1.37. The largest absolute Gasteiger partial charge is 0.508 e. The Kier molecular flexibility index (Phi) is 4.84. The molecule has 1 heterocycles. The molecule has 2 aromatic rings. The lowest BCUT2D eigenvalue weighted by atomic mass is 9.90. The van der Waals surface area contributed by atoms with Crippen LogP contribution in [0.15, 0.2) is 41.8 Å². The van der Waals surface area contributed by atoms with Gasteiger partial charge >= 0.3 is 0 Å². The topological polar surface area (TPSA) is 32.3 Å². The summed E-state index contributed by atoms with van der Waals surface area (Å²) in [5.74, 6) is 0.322. The van der Waals surface area contributed by atoms with Crippen molar-refractivity contribution in [2.24, 2.45) is 0 Å².